The third kappa shape index (κ3) is 40.4. The lowest BCUT2D eigenvalue weighted by atomic mass is 10.1. The quantitative estimate of drug-likeness (QED) is 0.0152. The number of hydrogen-bond acceptors (Lipinski definition) is 10. The van der Waals surface area contributed by atoms with Gasteiger partial charge in [0.2, 0.25) is 0 Å². The van der Waals surface area contributed by atoms with Crippen LogP contribution in [-0.2, 0) is 32.7 Å². The van der Waals surface area contributed by atoms with Gasteiger partial charge < -0.3 is 29.7 Å². The molecule has 0 radical (unpaired) electrons. The van der Waals surface area contributed by atoms with Crippen molar-refractivity contribution >= 4 is 19.8 Å². The first kappa shape index (κ1) is 55.6. The van der Waals surface area contributed by atoms with E-state index in [1.165, 1.54) is 77.0 Å². The first-order chi connectivity index (χ1) is 28.1. The van der Waals surface area contributed by atoms with Crippen LogP contribution in [0.3, 0.4) is 0 Å². The van der Waals surface area contributed by atoms with Crippen molar-refractivity contribution in [3.8, 4) is 0 Å². The number of phosphoric ester groups is 1. The van der Waals surface area contributed by atoms with Crippen molar-refractivity contribution in [2.24, 2.45) is 0 Å². The van der Waals surface area contributed by atoms with E-state index in [1.807, 2.05) is 12.2 Å². The smallest absolute Gasteiger partial charge is 0.462 e. The van der Waals surface area contributed by atoms with Gasteiger partial charge in [0.05, 0.1) is 25.9 Å². The van der Waals surface area contributed by atoms with E-state index in [9.17, 15) is 29.3 Å². The van der Waals surface area contributed by atoms with Crippen molar-refractivity contribution < 1.29 is 52.9 Å². The van der Waals surface area contributed by atoms with E-state index >= 15 is 0 Å². The van der Waals surface area contributed by atoms with Crippen LogP contribution in [0.15, 0.2) is 60.8 Å². The highest BCUT2D eigenvalue weighted by molar-refractivity contribution is 7.47. The molecule has 12 heteroatoms. The number of aliphatic hydroxyl groups excluding tert-OH is 3. The van der Waals surface area contributed by atoms with E-state index in [0.717, 1.165) is 51.4 Å². The molecule has 0 aliphatic carbocycles. The second-order valence-corrected chi connectivity index (χ2v) is 16.4. The zero-order valence-corrected chi connectivity index (χ0v) is 37.0. The molecule has 58 heavy (non-hydrogen) atoms. The Balaban J connectivity index is 4.48. The maximum absolute atomic E-state index is 12.6. The molecule has 0 aliphatic heterocycles. The Morgan fingerprint density at radius 3 is 1.72 bits per heavy atom. The van der Waals surface area contributed by atoms with Gasteiger partial charge in [0.25, 0.3) is 0 Å². The fourth-order valence-electron chi connectivity index (χ4n) is 5.74. The van der Waals surface area contributed by atoms with Crippen LogP contribution in [0.25, 0.3) is 0 Å². The molecule has 0 rings (SSSR count). The molecular formula is C46H81O11P. The molecule has 0 aromatic rings. The molecule has 4 atom stereocenters. The Morgan fingerprint density at radius 1 is 0.586 bits per heavy atom. The van der Waals surface area contributed by atoms with Crippen LogP contribution in [0, 0.1) is 0 Å². The summed E-state index contributed by atoms with van der Waals surface area (Å²) >= 11 is 0. The summed E-state index contributed by atoms with van der Waals surface area (Å²) in [7, 11) is -4.67. The van der Waals surface area contributed by atoms with Gasteiger partial charge in [-0.25, -0.2) is 4.57 Å². The van der Waals surface area contributed by atoms with Gasteiger partial charge >= 0.3 is 19.8 Å². The number of hydrogen-bond donors (Lipinski definition) is 4. The molecule has 4 N–H and O–H groups in total. The van der Waals surface area contributed by atoms with Crippen molar-refractivity contribution in [3.63, 3.8) is 0 Å². The van der Waals surface area contributed by atoms with Gasteiger partial charge in [-0.1, -0.05) is 152 Å². The van der Waals surface area contributed by atoms with Gasteiger partial charge in [-0.05, 0) is 70.6 Å². The summed E-state index contributed by atoms with van der Waals surface area (Å²) in [5.74, 6) is -1.13. The van der Waals surface area contributed by atoms with E-state index in [0.29, 0.717) is 19.3 Å². The van der Waals surface area contributed by atoms with Crippen LogP contribution < -0.4 is 0 Å². The minimum Gasteiger partial charge on any atom is -0.462 e. The van der Waals surface area contributed by atoms with Gasteiger partial charge in [0.1, 0.15) is 12.7 Å². The molecule has 0 spiro atoms. The molecule has 0 fully saturated rings. The number of rotatable bonds is 41. The van der Waals surface area contributed by atoms with E-state index in [1.54, 1.807) is 12.2 Å². The van der Waals surface area contributed by atoms with Crippen LogP contribution in [0.4, 0.5) is 0 Å². The molecular weight excluding hydrogens is 759 g/mol. The highest BCUT2D eigenvalue weighted by Crippen LogP contribution is 2.43. The van der Waals surface area contributed by atoms with Gasteiger partial charge in [0, 0.05) is 12.8 Å². The maximum atomic E-state index is 12.6. The Labute approximate surface area is 351 Å². The third-order valence-corrected chi connectivity index (χ3v) is 10.2. The highest BCUT2D eigenvalue weighted by Gasteiger charge is 2.27. The SMILES string of the molecule is CCCCC/C=C\C/C=C\C/C=C\C=C\[C@@H](O)CCCC(=O)OC[C@H](COP(=O)(O)OC[C@@H](O)CO)OC(=O)CCCCCCCCC/C=C\CCCCCCCC. The number of ether oxygens (including phenoxy) is 2. The second-order valence-electron chi connectivity index (χ2n) is 14.9. The Kier molecular flexibility index (Phi) is 39.7. The predicted molar refractivity (Wildman–Crippen MR) is 234 cm³/mol. The third-order valence-electron chi connectivity index (χ3n) is 9.25. The Morgan fingerprint density at radius 2 is 1.09 bits per heavy atom. The predicted octanol–water partition coefficient (Wildman–Crippen LogP) is 10.9. The van der Waals surface area contributed by atoms with Crippen LogP contribution in [0.2, 0.25) is 0 Å². The van der Waals surface area contributed by atoms with Crippen molar-refractivity contribution in [2.75, 3.05) is 26.4 Å². The topological polar surface area (TPSA) is 169 Å². The van der Waals surface area contributed by atoms with E-state index < -0.39 is 64.5 Å². The summed E-state index contributed by atoms with van der Waals surface area (Å²) in [5, 5.41) is 28.6. The lowest BCUT2D eigenvalue weighted by Gasteiger charge is -2.20. The summed E-state index contributed by atoms with van der Waals surface area (Å²) in [6.45, 7) is 2.12. The fraction of sp³-hybridized carbons (Fsp3) is 0.739. The van der Waals surface area contributed by atoms with Crippen LogP contribution in [-0.4, -0.2) is 76.9 Å². The lowest BCUT2D eigenvalue weighted by molar-refractivity contribution is -0.161. The summed E-state index contributed by atoms with van der Waals surface area (Å²) < 4.78 is 32.6. The maximum Gasteiger partial charge on any atom is 0.472 e. The first-order valence-electron chi connectivity index (χ1n) is 22.4. The minimum absolute atomic E-state index is 0.0106. The number of carbonyl (C=O) groups is 2. The van der Waals surface area contributed by atoms with Gasteiger partial charge in [-0.3, -0.25) is 18.6 Å². The van der Waals surface area contributed by atoms with Crippen LogP contribution in [0.1, 0.15) is 174 Å². The zero-order valence-electron chi connectivity index (χ0n) is 36.1. The average Bonchev–Trinajstić information content (AvgIpc) is 3.20. The minimum atomic E-state index is -4.67. The largest absolute Gasteiger partial charge is 0.472 e. The number of phosphoric acid groups is 1. The average molecular weight is 841 g/mol. The lowest BCUT2D eigenvalue weighted by Crippen LogP contribution is -2.30. The van der Waals surface area contributed by atoms with Crippen LogP contribution in [0.5, 0.6) is 0 Å². The number of esters is 2. The van der Waals surface area contributed by atoms with Crippen molar-refractivity contribution in [1.82, 2.24) is 0 Å². The van der Waals surface area contributed by atoms with Gasteiger partial charge in [0.15, 0.2) is 6.10 Å². The molecule has 0 bridgehead atoms. The zero-order chi connectivity index (χ0) is 42.8. The highest BCUT2D eigenvalue weighted by atomic mass is 31.2. The monoisotopic (exact) mass is 841 g/mol. The molecule has 0 aromatic carbocycles. The van der Waals surface area contributed by atoms with Crippen molar-refractivity contribution in [3.05, 3.63) is 60.8 Å². The summed E-state index contributed by atoms with van der Waals surface area (Å²) in [6.07, 6.45) is 42.1. The van der Waals surface area contributed by atoms with Crippen LogP contribution >= 0.6 is 7.82 Å². The van der Waals surface area contributed by atoms with E-state index in [2.05, 4.69) is 54.8 Å². The Hall–Kier alpha value is -2.37. The molecule has 1 unspecified atom stereocenters. The molecule has 0 amide bonds. The molecule has 0 heterocycles. The fourth-order valence-corrected chi connectivity index (χ4v) is 6.53. The van der Waals surface area contributed by atoms with E-state index in [4.69, 9.17) is 19.1 Å². The number of aliphatic hydroxyl groups is 3. The van der Waals surface area contributed by atoms with E-state index in [-0.39, 0.29) is 12.8 Å². The molecule has 0 saturated heterocycles. The van der Waals surface area contributed by atoms with Gasteiger partial charge in [-0.15, -0.1) is 0 Å². The normalized spacial score (nSPS) is 14.9. The molecule has 336 valence electrons. The summed E-state index contributed by atoms with van der Waals surface area (Å²) in [6, 6.07) is 0. The molecule has 0 aromatic heterocycles. The molecule has 11 nitrogen and oxygen atoms in total. The Bertz CT molecular complexity index is 1170. The molecule has 0 aliphatic rings. The van der Waals surface area contributed by atoms with Gasteiger partial charge in [-0.2, -0.15) is 0 Å². The standard InChI is InChI=1S/C46H81O11P/c1-3-5-7-9-11-13-15-17-18-19-20-22-24-26-28-30-32-36-46(51)57-44(41-56-58(52,53)55-39-43(49)38-47)40-54-45(50)37-33-35-42(48)34-31-29-27-25-23-21-16-14-12-10-8-6-4-2/h12,14,17-18,21,23,27,29,31,34,42-44,47-49H,3-11,13,15-16,19-20,22,24-26,28,30,32-33,35-41H2,1-2H3,(H,52,53)/b14-12-,18-17-,23-21-,29-27-,34-31+/t42-,43+,44-/m1/s1. The summed E-state index contributed by atoms with van der Waals surface area (Å²) in [4.78, 5) is 35.0. The first-order valence-corrected chi connectivity index (χ1v) is 23.8. The summed E-state index contributed by atoms with van der Waals surface area (Å²) in [5.41, 5.74) is 0. The van der Waals surface area contributed by atoms with Crippen molar-refractivity contribution in [2.45, 2.75) is 193 Å². The second kappa shape index (κ2) is 41.4. The number of allylic oxidation sites excluding steroid dienone is 9. The number of unbranched alkanes of at least 4 members (excludes halogenated alkanes) is 16. The number of carbonyl (C=O) groups excluding carboxylic acids is 2. The van der Waals surface area contributed by atoms with Crippen molar-refractivity contribution in [1.29, 1.82) is 0 Å². The molecule has 0 saturated carbocycles.